The number of benzene rings is 1. The van der Waals surface area contributed by atoms with Gasteiger partial charge in [0.15, 0.2) is 5.01 Å². The fourth-order valence-corrected chi connectivity index (χ4v) is 5.05. The molecule has 2 aliphatic carbocycles. The molecule has 0 N–H and O–H groups in total. The summed E-state index contributed by atoms with van der Waals surface area (Å²) in [5.74, 6) is -3.38. The largest absolute Gasteiger partial charge is 0.287 e. The quantitative estimate of drug-likeness (QED) is 0.357. The molecule has 140 valence electrons. The van der Waals surface area contributed by atoms with Crippen LogP contribution < -0.4 is 0 Å². The summed E-state index contributed by atoms with van der Waals surface area (Å²) < 4.78 is 42.2. The predicted molar refractivity (Wildman–Crippen MR) is 99.7 cm³/mol. The molecular formula is C21H18F3NOS. The SMILES string of the molecule is C=CC(=O)c1nc(-c2ccc(F)cc2)c(CC2=CCC(F)(F)C23CCC3)s1. The first-order valence-electron chi connectivity index (χ1n) is 8.86. The molecule has 0 bridgehead atoms. The summed E-state index contributed by atoms with van der Waals surface area (Å²) in [6.45, 7) is 3.49. The first kappa shape index (κ1) is 18.2. The van der Waals surface area contributed by atoms with Gasteiger partial charge in [0.1, 0.15) is 5.82 Å². The number of carbonyl (C=O) groups excluding carboxylic acids is 1. The Hall–Kier alpha value is -2.21. The van der Waals surface area contributed by atoms with Gasteiger partial charge in [-0.05, 0) is 43.2 Å². The van der Waals surface area contributed by atoms with Crippen LogP contribution in [0.25, 0.3) is 11.3 Å². The zero-order chi connectivity index (χ0) is 19.2. The van der Waals surface area contributed by atoms with Gasteiger partial charge in [-0.15, -0.1) is 11.3 Å². The van der Waals surface area contributed by atoms with Crippen molar-refractivity contribution in [3.8, 4) is 11.3 Å². The Balaban J connectivity index is 1.74. The van der Waals surface area contributed by atoms with Crippen LogP contribution in [0.1, 0.15) is 40.4 Å². The van der Waals surface area contributed by atoms with Crippen molar-refractivity contribution in [1.82, 2.24) is 4.98 Å². The second-order valence-corrected chi connectivity index (χ2v) is 8.20. The monoisotopic (exact) mass is 389 g/mol. The van der Waals surface area contributed by atoms with Crippen molar-refractivity contribution in [3.63, 3.8) is 0 Å². The highest BCUT2D eigenvalue weighted by Gasteiger charge is 2.61. The van der Waals surface area contributed by atoms with E-state index in [9.17, 15) is 18.0 Å². The van der Waals surface area contributed by atoms with Gasteiger partial charge in [-0.2, -0.15) is 0 Å². The van der Waals surface area contributed by atoms with Gasteiger partial charge in [-0.3, -0.25) is 4.79 Å². The summed E-state index contributed by atoms with van der Waals surface area (Å²) in [4.78, 5) is 17.2. The molecule has 1 saturated carbocycles. The maximum absolute atomic E-state index is 14.5. The molecule has 0 saturated heterocycles. The van der Waals surface area contributed by atoms with Crippen LogP contribution >= 0.6 is 11.3 Å². The van der Waals surface area contributed by atoms with Crippen molar-refractivity contribution in [1.29, 1.82) is 0 Å². The second kappa shape index (κ2) is 6.44. The van der Waals surface area contributed by atoms with E-state index in [2.05, 4.69) is 11.6 Å². The topological polar surface area (TPSA) is 30.0 Å². The van der Waals surface area contributed by atoms with E-state index in [0.29, 0.717) is 30.5 Å². The summed E-state index contributed by atoms with van der Waals surface area (Å²) in [5.41, 5.74) is 0.914. The van der Waals surface area contributed by atoms with E-state index in [0.717, 1.165) is 16.9 Å². The van der Waals surface area contributed by atoms with E-state index in [1.165, 1.54) is 29.5 Å². The molecule has 4 rings (SSSR count). The van der Waals surface area contributed by atoms with Crippen molar-refractivity contribution in [2.24, 2.45) is 5.41 Å². The third kappa shape index (κ3) is 2.87. The van der Waals surface area contributed by atoms with Gasteiger partial charge in [-0.1, -0.05) is 24.6 Å². The number of rotatable bonds is 5. The number of hydrogen-bond donors (Lipinski definition) is 0. The number of halogens is 3. The highest BCUT2D eigenvalue weighted by Crippen LogP contribution is 2.62. The minimum Gasteiger partial charge on any atom is -0.287 e. The number of thiazole rings is 1. The molecule has 1 aromatic heterocycles. The van der Waals surface area contributed by atoms with E-state index < -0.39 is 11.3 Å². The van der Waals surface area contributed by atoms with E-state index in [4.69, 9.17) is 0 Å². The molecule has 2 nitrogen and oxygen atoms in total. The lowest BCUT2D eigenvalue weighted by Gasteiger charge is -2.45. The third-order valence-electron chi connectivity index (χ3n) is 5.69. The number of aromatic nitrogens is 1. The summed E-state index contributed by atoms with van der Waals surface area (Å²) >= 11 is 1.20. The third-order valence-corrected chi connectivity index (χ3v) is 6.76. The number of allylic oxidation sites excluding steroid dienone is 3. The molecule has 1 aromatic carbocycles. The number of ketones is 1. The molecule has 1 spiro atoms. The van der Waals surface area contributed by atoms with Gasteiger partial charge < -0.3 is 0 Å². The van der Waals surface area contributed by atoms with Crippen molar-refractivity contribution < 1.29 is 18.0 Å². The Kier molecular flexibility index (Phi) is 4.34. The van der Waals surface area contributed by atoms with E-state index in [1.807, 2.05) is 0 Å². The standard InChI is InChI=1S/C21H18F3NOS/c1-2-16(26)19-25-18(13-4-6-15(22)7-5-13)17(27-19)12-14-8-11-21(23,24)20(14)9-3-10-20/h2,4-8H,1,3,9-12H2. The Morgan fingerprint density at radius 2 is 1.96 bits per heavy atom. The lowest BCUT2D eigenvalue weighted by atomic mass is 9.62. The molecule has 27 heavy (non-hydrogen) atoms. The van der Waals surface area contributed by atoms with Crippen molar-refractivity contribution >= 4 is 17.1 Å². The first-order valence-corrected chi connectivity index (χ1v) is 9.68. The van der Waals surface area contributed by atoms with Crippen LogP contribution in [0, 0.1) is 11.2 Å². The second-order valence-electron chi connectivity index (χ2n) is 7.12. The molecule has 2 aromatic rings. The van der Waals surface area contributed by atoms with Crippen LogP contribution in [0.15, 0.2) is 48.6 Å². The number of alkyl halides is 2. The van der Waals surface area contributed by atoms with Crippen LogP contribution in [-0.4, -0.2) is 16.7 Å². The van der Waals surface area contributed by atoms with Crippen molar-refractivity contribution in [2.75, 3.05) is 0 Å². The van der Waals surface area contributed by atoms with Gasteiger partial charge >= 0.3 is 0 Å². The van der Waals surface area contributed by atoms with E-state index in [1.54, 1.807) is 18.2 Å². The minimum absolute atomic E-state index is 0.231. The summed E-state index contributed by atoms with van der Waals surface area (Å²) in [7, 11) is 0. The molecule has 1 heterocycles. The fourth-order valence-electron chi connectivity index (χ4n) is 4.01. The minimum atomic E-state index is -2.71. The lowest BCUT2D eigenvalue weighted by molar-refractivity contribution is -0.126. The molecule has 0 aliphatic heterocycles. The molecule has 0 amide bonds. The fraction of sp³-hybridized carbons (Fsp3) is 0.333. The number of carbonyl (C=O) groups is 1. The summed E-state index contributed by atoms with van der Waals surface area (Å²) in [6.07, 6.45) is 4.75. The highest BCUT2D eigenvalue weighted by atomic mass is 32.1. The maximum atomic E-state index is 14.5. The average molecular weight is 389 g/mol. The average Bonchev–Trinajstić information content (AvgIpc) is 3.13. The van der Waals surface area contributed by atoms with Crippen LogP contribution in [0.4, 0.5) is 13.2 Å². The van der Waals surface area contributed by atoms with Gasteiger partial charge in [0.2, 0.25) is 5.78 Å². The Morgan fingerprint density at radius 3 is 2.56 bits per heavy atom. The van der Waals surface area contributed by atoms with Gasteiger partial charge in [0, 0.05) is 23.3 Å². The maximum Gasteiger partial charge on any atom is 0.260 e. The van der Waals surface area contributed by atoms with Gasteiger partial charge in [0.25, 0.3) is 5.92 Å². The molecule has 2 aliphatic rings. The molecule has 0 radical (unpaired) electrons. The van der Waals surface area contributed by atoms with Crippen molar-refractivity contribution in [2.45, 2.75) is 38.0 Å². The summed E-state index contributed by atoms with van der Waals surface area (Å²) in [5, 5.41) is 0.271. The zero-order valence-electron chi connectivity index (χ0n) is 14.6. The summed E-state index contributed by atoms with van der Waals surface area (Å²) in [6, 6.07) is 5.83. The molecular weight excluding hydrogens is 371 g/mol. The van der Waals surface area contributed by atoms with Gasteiger partial charge in [-0.25, -0.2) is 18.2 Å². The van der Waals surface area contributed by atoms with Crippen LogP contribution in [0.3, 0.4) is 0 Å². The van der Waals surface area contributed by atoms with E-state index >= 15 is 0 Å². The Morgan fingerprint density at radius 1 is 1.26 bits per heavy atom. The lowest BCUT2D eigenvalue weighted by Crippen LogP contribution is -2.44. The van der Waals surface area contributed by atoms with Crippen LogP contribution in [0.5, 0.6) is 0 Å². The predicted octanol–water partition coefficient (Wildman–Crippen LogP) is 6.00. The molecule has 0 unspecified atom stereocenters. The Labute approximate surface area is 159 Å². The normalized spacial score (nSPS) is 19.6. The smallest absolute Gasteiger partial charge is 0.260 e. The Bertz CT molecular complexity index is 939. The highest BCUT2D eigenvalue weighted by molar-refractivity contribution is 7.14. The van der Waals surface area contributed by atoms with Gasteiger partial charge in [0.05, 0.1) is 11.1 Å². The van der Waals surface area contributed by atoms with Crippen molar-refractivity contribution in [3.05, 3.63) is 64.3 Å². The van der Waals surface area contributed by atoms with Crippen LogP contribution in [0.2, 0.25) is 0 Å². The number of hydrogen-bond acceptors (Lipinski definition) is 3. The zero-order valence-corrected chi connectivity index (χ0v) is 15.4. The first-order chi connectivity index (χ1) is 12.9. The van der Waals surface area contributed by atoms with Crippen LogP contribution in [-0.2, 0) is 6.42 Å². The van der Waals surface area contributed by atoms with E-state index in [-0.39, 0.29) is 23.0 Å². The molecule has 6 heteroatoms. The molecule has 1 fully saturated rings. The number of nitrogens with zero attached hydrogens (tertiary/aromatic N) is 1. The molecule has 0 atom stereocenters.